The second kappa shape index (κ2) is 5.88. The number of nitrogens with one attached hydrogen (secondary N) is 1. The van der Waals surface area contributed by atoms with E-state index >= 15 is 0 Å². The van der Waals surface area contributed by atoms with E-state index in [0.29, 0.717) is 29.2 Å². The van der Waals surface area contributed by atoms with Gasteiger partial charge in [-0.2, -0.15) is 0 Å². The van der Waals surface area contributed by atoms with E-state index in [1.807, 2.05) is 11.0 Å². The highest BCUT2D eigenvalue weighted by Crippen LogP contribution is 2.50. The van der Waals surface area contributed by atoms with Crippen molar-refractivity contribution in [2.45, 2.75) is 38.2 Å². The minimum Gasteiger partial charge on any atom is -0.381 e. The molecule has 2 aliphatic heterocycles. The summed E-state index contributed by atoms with van der Waals surface area (Å²) in [5, 5.41) is 2.84. The van der Waals surface area contributed by atoms with Crippen LogP contribution < -0.4 is 5.32 Å². The Kier molecular flexibility index (Phi) is 3.83. The summed E-state index contributed by atoms with van der Waals surface area (Å²) in [6.07, 6.45) is 5.64. The molecule has 0 radical (unpaired) electrons. The Morgan fingerprint density at radius 2 is 2.04 bits per heavy atom. The number of fused-ring (bicyclic) bond motifs is 1. The Bertz CT molecular complexity index is 669. The van der Waals surface area contributed by atoms with Gasteiger partial charge in [0.05, 0.1) is 6.10 Å². The van der Waals surface area contributed by atoms with Crippen molar-refractivity contribution >= 4 is 11.8 Å². The van der Waals surface area contributed by atoms with E-state index in [1.165, 1.54) is 0 Å². The summed E-state index contributed by atoms with van der Waals surface area (Å²) in [5.74, 6) is 0.0640. The molecule has 4 rings (SSSR count). The first-order chi connectivity index (χ1) is 11.6. The molecule has 0 bridgehead atoms. The molecule has 2 heterocycles. The number of rotatable bonds is 2. The summed E-state index contributed by atoms with van der Waals surface area (Å²) in [4.78, 5) is 26.6. The lowest BCUT2D eigenvalue weighted by Gasteiger charge is -2.51. The van der Waals surface area contributed by atoms with Gasteiger partial charge in [-0.25, -0.2) is 0 Å². The molecular weight excluding hydrogens is 304 g/mol. The van der Waals surface area contributed by atoms with E-state index in [4.69, 9.17) is 4.74 Å². The van der Waals surface area contributed by atoms with Crippen molar-refractivity contribution in [3.63, 3.8) is 0 Å². The number of hydrogen-bond donors (Lipinski definition) is 1. The molecule has 1 saturated heterocycles. The van der Waals surface area contributed by atoms with Crippen molar-refractivity contribution < 1.29 is 14.3 Å². The second-order valence-electron chi connectivity index (χ2n) is 7.44. The molecule has 0 unspecified atom stereocenters. The fourth-order valence-corrected chi connectivity index (χ4v) is 4.41. The second-order valence-corrected chi connectivity index (χ2v) is 7.44. The van der Waals surface area contributed by atoms with Gasteiger partial charge in [0, 0.05) is 37.9 Å². The molecule has 0 atom stereocenters. The molecule has 24 heavy (non-hydrogen) atoms. The van der Waals surface area contributed by atoms with Crippen LogP contribution in [0.1, 0.15) is 52.0 Å². The van der Waals surface area contributed by atoms with Gasteiger partial charge in [0.1, 0.15) is 0 Å². The summed E-state index contributed by atoms with van der Waals surface area (Å²) in [5.41, 5.74) is 2.81. The summed E-state index contributed by atoms with van der Waals surface area (Å²) in [6, 6.07) is 5.49. The Morgan fingerprint density at radius 1 is 1.29 bits per heavy atom. The monoisotopic (exact) mass is 328 g/mol. The van der Waals surface area contributed by atoms with E-state index < -0.39 is 0 Å². The van der Waals surface area contributed by atoms with E-state index in [2.05, 4.69) is 5.32 Å². The zero-order valence-electron chi connectivity index (χ0n) is 14.1. The summed E-state index contributed by atoms with van der Waals surface area (Å²) in [6.45, 7) is 2.30. The maximum absolute atomic E-state index is 12.8. The number of methoxy groups -OCH3 is 1. The van der Waals surface area contributed by atoms with Crippen LogP contribution in [0.3, 0.4) is 0 Å². The minimum atomic E-state index is -0.0344. The maximum atomic E-state index is 12.8. The predicted molar refractivity (Wildman–Crippen MR) is 90.1 cm³/mol. The average Bonchev–Trinajstić information content (AvgIpc) is 2.59. The molecule has 1 aromatic carbocycles. The predicted octanol–water partition coefficient (Wildman–Crippen LogP) is 2.00. The third-order valence-corrected chi connectivity index (χ3v) is 6.04. The lowest BCUT2D eigenvalue weighted by atomic mass is 9.61. The van der Waals surface area contributed by atoms with Gasteiger partial charge in [0.15, 0.2) is 0 Å². The first kappa shape index (κ1) is 15.6. The smallest absolute Gasteiger partial charge is 0.253 e. The standard InChI is InChI=1S/C19H24N2O3/c1-24-15-11-19(12-15)5-8-21(9-6-19)18(23)14-2-3-16-13(10-14)4-7-20-17(16)22/h2-3,10,15H,4-9,11-12H2,1H3,(H,20,22). The number of nitrogens with zero attached hydrogens (tertiary/aromatic N) is 1. The molecule has 5 nitrogen and oxygen atoms in total. The molecule has 1 aromatic rings. The molecule has 2 amide bonds. The first-order valence-electron chi connectivity index (χ1n) is 8.83. The number of piperidine rings is 1. The third kappa shape index (κ3) is 2.61. The molecule has 128 valence electrons. The van der Waals surface area contributed by atoms with Crippen molar-refractivity contribution in [1.29, 1.82) is 0 Å². The molecule has 1 N–H and O–H groups in total. The largest absolute Gasteiger partial charge is 0.381 e. The zero-order chi connectivity index (χ0) is 16.7. The Morgan fingerprint density at radius 3 is 2.75 bits per heavy atom. The maximum Gasteiger partial charge on any atom is 0.253 e. The lowest BCUT2D eigenvalue weighted by molar-refractivity contribution is -0.0841. The van der Waals surface area contributed by atoms with Gasteiger partial charge in [0.2, 0.25) is 0 Å². The van der Waals surface area contributed by atoms with Crippen molar-refractivity contribution in [3.8, 4) is 0 Å². The van der Waals surface area contributed by atoms with Gasteiger partial charge >= 0.3 is 0 Å². The molecule has 1 aliphatic carbocycles. The van der Waals surface area contributed by atoms with Gasteiger partial charge in [-0.3, -0.25) is 9.59 Å². The highest BCUT2D eigenvalue weighted by molar-refractivity contribution is 5.99. The van der Waals surface area contributed by atoms with Crippen molar-refractivity contribution in [2.24, 2.45) is 5.41 Å². The summed E-state index contributed by atoms with van der Waals surface area (Å²) in [7, 11) is 1.78. The van der Waals surface area contributed by atoms with Crippen LogP contribution in [-0.4, -0.2) is 49.6 Å². The van der Waals surface area contributed by atoms with Crippen molar-refractivity contribution in [1.82, 2.24) is 10.2 Å². The van der Waals surface area contributed by atoms with Gasteiger partial charge in [-0.05, 0) is 61.3 Å². The molecule has 1 spiro atoms. The normalized spacial score (nSPS) is 22.7. The van der Waals surface area contributed by atoms with E-state index in [-0.39, 0.29) is 11.8 Å². The fourth-order valence-electron chi connectivity index (χ4n) is 4.41. The van der Waals surface area contributed by atoms with Crippen LogP contribution in [0.4, 0.5) is 0 Å². The SMILES string of the molecule is COC1CC2(CCN(C(=O)c3ccc4c(c3)CCNC4=O)CC2)C1. The molecule has 2 fully saturated rings. The van der Waals surface area contributed by atoms with Crippen molar-refractivity contribution in [3.05, 3.63) is 34.9 Å². The number of benzene rings is 1. The number of hydrogen-bond acceptors (Lipinski definition) is 3. The topological polar surface area (TPSA) is 58.6 Å². The van der Waals surface area contributed by atoms with Crippen LogP contribution in [0.25, 0.3) is 0 Å². The molecule has 5 heteroatoms. The van der Waals surface area contributed by atoms with E-state index in [0.717, 1.165) is 50.8 Å². The van der Waals surface area contributed by atoms with Crippen LogP contribution in [0.2, 0.25) is 0 Å². The number of likely N-dealkylation sites (tertiary alicyclic amines) is 1. The number of carbonyl (C=O) groups is 2. The Hall–Kier alpha value is -1.88. The van der Waals surface area contributed by atoms with Gasteiger partial charge in [-0.15, -0.1) is 0 Å². The van der Waals surface area contributed by atoms with E-state index in [1.54, 1.807) is 19.2 Å². The average molecular weight is 328 g/mol. The molecule has 3 aliphatic rings. The Balaban J connectivity index is 1.43. The number of carbonyl (C=O) groups excluding carboxylic acids is 2. The van der Waals surface area contributed by atoms with Gasteiger partial charge in [-0.1, -0.05) is 0 Å². The highest BCUT2D eigenvalue weighted by Gasteiger charge is 2.46. The van der Waals surface area contributed by atoms with Crippen LogP contribution in [0.5, 0.6) is 0 Å². The van der Waals surface area contributed by atoms with Crippen LogP contribution in [0.15, 0.2) is 18.2 Å². The number of ether oxygens (including phenoxy) is 1. The molecule has 1 saturated carbocycles. The summed E-state index contributed by atoms with van der Waals surface area (Å²) < 4.78 is 5.41. The quantitative estimate of drug-likeness (QED) is 0.903. The van der Waals surface area contributed by atoms with Gasteiger partial charge in [0.25, 0.3) is 11.8 Å². The van der Waals surface area contributed by atoms with Crippen molar-refractivity contribution in [2.75, 3.05) is 26.7 Å². The summed E-state index contributed by atoms with van der Waals surface area (Å²) >= 11 is 0. The molecular formula is C19H24N2O3. The minimum absolute atomic E-state index is 0.0344. The third-order valence-electron chi connectivity index (χ3n) is 6.04. The number of amides is 2. The van der Waals surface area contributed by atoms with E-state index in [9.17, 15) is 9.59 Å². The Labute approximate surface area is 142 Å². The van der Waals surface area contributed by atoms with Gasteiger partial charge < -0.3 is 15.0 Å². The fraction of sp³-hybridized carbons (Fsp3) is 0.579. The lowest BCUT2D eigenvalue weighted by Crippen LogP contribution is -2.50. The molecule has 0 aromatic heterocycles. The highest BCUT2D eigenvalue weighted by atomic mass is 16.5. The van der Waals surface area contributed by atoms with Crippen LogP contribution >= 0.6 is 0 Å². The first-order valence-corrected chi connectivity index (χ1v) is 8.83. The van der Waals surface area contributed by atoms with Crippen LogP contribution in [-0.2, 0) is 11.2 Å². The van der Waals surface area contributed by atoms with Crippen LogP contribution in [0, 0.1) is 5.41 Å². The zero-order valence-corrected chi connectivity index (χ0v) is 14.1.